The molecule has 5 nitrogen and oxygen atoms in total. The van der Waals surface area contributed by atoms with E-state index >= 15 is 0 Å². The highest BCUT2D eigenvalue weighted by Gasteiger charge is 2.46. The van der Waals surface area contributed by atoms with E-state index in [0.29, 0.717) is 31.8 Å². The summed E-state index contributed by atoms with van der Waals surface area (Å²) in [4.78, 5) is 27.9. The van der Waals surface area contributed by atoms with Gasteiger partial charge in [0.25, 0.3) is 0 Å². The maximum absolute atomic E-state index is 12.6. The van der Waals surface area contributed by atoms with Crippen molar-refractivity contribution in [2.75, 3.05) is 26.2 Å². The fourth-order valence-corrected chi connectivity index (χ4v) is 3.77. The van der Waals surface area contributed by atoms with E-state index in [9.17, 15) is 14.7 Å². The van der Waals surface area contributed by atoms with Gasteiger partial charge in [-0.2, -0.15) is 0 Å². The van der Waals surface area contributed by atoms with E-state index in [1.165, 1.54) is 6.42 Å². The topological polar surface area (TPSA) is 60.9 Å². The number of carboxylic acid groups (broad SMARTS) is 1. The quantitative estimate of drug-likeness (QED) is 0.867. The third-order valence-electron chi connectivity index (χ3n) is 5.17. The molecular weight excluding hydrogens is 268 g/mol. The Morgan fingerprint density at radius 2 is 2.00 bits per heavy atom. The van der Waals surface area contributed by atoms with Crippen LogP contribution >= 0.6 is 0 Å². The molecule has 21 heavy (non-hydrogen) atoms. The molecule has 1 N–H and O–H groups in total. The van der Waals surface area contributed by atoms with Gasteiger partial charge in [-0.25, -0.2) is 4.79 Å². The molecule has 0 spiro atoms. The van der Waals surface area contributed by atoms with E-state index in [2.05, 4.69) is 6.92 Å². The molecule has 0 saturated carbocycles. The highest BCUT2D eigenvalue weighted by Crippen LogP contribution is 2.36. The van der Waals surface area contributed by atoms with Crippen molar-refractivity contribution in [3.8, 4) is 0 Å². The van der Waals surface area contributed by atoms with Gasteiger partial charge in [-0.05, 0) is 31.6 Å². The minimum atomic E-state index is -0.746. The van der Waals surface area contributed by atoms with Crippen LogP contribution < -0.4 is 0 Å². The smallest absolute Gasteiger partial charge is 0.320 e. The summed E-state index contributed by atoms with van der Waals surface area (Å²) in [5.41, 5.74) is -0.718. The number of piperidine rings is 1. The van der Waals surface area contributed by atoms with Crippen LogP contribution in [0.15, 0.2) is 0 Å². The molecule has 0 aromatic rings. The average Bonchev–Trinajstić information content (AvgIpc) is 2.92. The number of nitrogens with zero attached hydrogens (tertiary/aromatic N) is 2. The molecular formula is C16H28N2O3. The maximum atomic E-state index is 12.6. The molecule has 0 radical (unpaired) electrons. The van der Waals surface area contributed by atoms with Gasteiger partial charge in [0.2, 0.25) is 0 Å². The predicted molar refractivity (Wildman–Crippen MR) is 81.2 cm³/mol. The number of hydrogen-bond donors (Lipinski definition) is 1. The summed E-state index contributed by atoms with van der Waals surface area (Å²) in [6.07, 6.45) is 5.47. The van der Waals surface area contributed by atoms with Gasteiger partial charge in [0, 0.05) is 26.2 Å². The van der Waals surface area contributed by atoms with Crippen molar-refractivity contribution in [1.29, 1.82) is 0 Å². The molecule has 0 aromatic carbocycles. The van der Waals surface area contributed by atoms with Crippen molar-refractivity contribution in [3.63, 3.8) is 0 Å². The van der Waals surface area contributed by atoms with E-state index in [1.807, 2.05) is 11.8 Å². The number of hydrogen-bond acceptors (Lipinski definition) is 2. The molecule has 2 atom stereocenters. The standard InChI is InChI=1S/C16H28N2O3/c1-3-7-16(14(19)20)8-10-18(12-16)15(21)17-9-5-6-13(4-2)11-17/h13H,3-12H2,1-2H3,(H,19,20). The van der Waals surface area contributed by atoms with E-state index in [4.69, 9.17) is 0 Å². The molecule has 0 aliphatic carbocycles. The van der Waals surface area contributed by atoms with Crippen molar-refractivity contribution in [1.82, 2.24) is 9.80 Å². The first-order valence-electron chi connectivity index (χ1n) is 8.29. The van der Waals surface area contributed by atoms with Crippen LogP contribution in [0.25, 0.3) is 0 Å². The number of carbonyl (C=O) groups is 2. The van der Waals surface area contributed by atoms with E-state index < -0.39 is 11.4 Å². The summed E-state index contributed by atoms with van der Waals surface area (Å²) in [6.45, 7) is 6.79. The number of likely N-dealkylation sites (tertiary alicyclic amines) is 2. The number of rotatable bonds is 4. The number of urea groups is 1. The maximum Gasteiger partial charge on any atom is 0.320 e. The molecule has 2 saturated heterocycles. The van der Waals surface area contributed by atoms with E-state index in [1.54, 1.807) is 4.90 Å². The molecule has 2 heterocycles. The third kappa shape index (κ3) is 3.33. The highest BCUT2D eigenvalue weighted by molar-refractivity contribution is 5.80. The Labute approximate surface area is 127 Å². The number of carbonyl (C=O) groups excluding carboxylic acids is 1. The molecule has 120 valence electrons. The SMILES string of the molecule is CCCC1(C(=O)O)CCN(C(=O)N2CCCC(CC)C2)C1. The molecule has 2 aliphatic rings. The molecule has 2 amide bonds. The number of aliphatic carboxylic acids is 1. The zero-order valence-corrected chi connectivity index (χ0v) is 13.3. The van der Waals surface area contributed by atoms with Gasteiger partial charge < -0.3 is 14.9 Å². The zero-order valence-electron chi connectivity index (χ0n) is 13.3. The van der Waals surface area contributed by atoms with Crippen LogP contribution in [-0.2, 0) is 4.79 Å². The molecule has 0 aromatic heterocycles. The largest absolute Gasteiger partial charge is 0.481 e. The fourth-order valence-electron chi connectivity index (χ4n) is 3.77. The van der Waals surface area contributed by atoms with Crippen molar-refractivity contribution in [2.45, 2.75) is 52.4 Å². The van der Waals surface area contributed by atoms with Crippen molar-refractivity contribution in [2.24, 2.45) is 11.3 Å². The summed E-state index contributed by atoms with van der Waals surface area (Å²) in [5.74, 6) is -0.144. The van der Waals surface area contributed by atoms with Gasteiger partial charge in [-0.3, -0.25) is 4.79 Å². The van der Waals surface area contributed by atoms with Crippen molar-refractivity contribution < 1.29 is 14.7 Å². The van der Waals surface area contributed by atoms with Gasteiger partial charge in [0.1, 0.15) is 0 Å². The first-order chi connectivity index (χ1) is 10.0. The minimum Gasteiger partial charge on any atom is -0.481 e. The summed E-state index contributed by atoms with van der Waals surface area (Å²) >= 11 is 0. The van der Waals surface area contributed by atoms with Crippen LogP contribution in [0.5, 0.6) is 0 Å². The Morgan fingerprint density at radius 3 is 2.62 bits per heavy atom. The lowest BCUT2D eigenvalue weighted by Crippen LogP contribution is -2.47. The molecule has 5 heteroatoms. The van der Waals surface area contributed by atoms with Gasteiger partial charge in [0.15, 0.2) is 0 Å². The summed E-state index contributed by atoms with van der Waals surface area (Å²) in [7, 11) is 0. The Hall–Kier alpha value is -1.26. The highest BCUT2D eigenvalue weighted by atomic mass is 16.4. The van der Waals surface area contributed by atoms with E-state index in [-0.39, 0.29) is 6.03 Å². The van der Waals surface area contributed by atoms with Crippen molar-refractivity contribution in [3.05, 3.63) is 0 Å². The van der Waals surface area contributed by atoms with Crippen LogP contribution in [0.2, 0.25) is 0 Å². The fraction of sp³-hybridized carbons (Fsp3) is 0.875. The number of carboxylic acids is 1. The lowest BCUT2D eigenvalue weighted by molar-refractivity contribution is -0.148. The van der Waals surface area contributed by atoms with Gasteiger partial charge >= 0.3 is 12.0 Å². The number of amides is 2. The Bertz CT molecular complexity index is 399. The van der Waals surface area contributed by atoms with Crippen molar-refractivity contribution >= 4 is 12.0 Å². The van der Waals surface area contributed by atoms with Gasteiger partial charge in [-0.15, -0.1) is 0 Å². The second-order valence-electron chi connectivity index (χ2n) is 6.65. The Morgan fingerprint density at radius 1 is 1.24 bits per heavy atom. The Balaban J connectivity index is 1.99. The lowest BCUT2D eigenvalue weighted by atomic mass is 9.83. The summed E-state index contributed by atoms with van der Waals surface area (Å²) in [5, 5.41) is 9.53. The molecule has 0 bridgehead atoms. The van der Waals surface area contributed by atoms with Crippen LogP contribution in [0, 0.1) is 11.3 Å². The van der Waals surface area contributed by atoms with Gasteiger partial charge in [0.05, 0.1) is 5.41 Å². The van der Waals surface area contributed by atoms with Crippen LogP contribution in [0.3, 0.4) is 0 Å². The monoisotopic (exact) mass is 296 g/mol. The van der Waals surface area contributed by atoms with Gasteiger partial charge in [-0.1, -0.05) is 26.7 Å². The molecule has 2 unspecified atom stereocenters. The first-order valence-corrected chi connectivity index (χ1v) is 8.29. The third-order valence-corrected chi connectivity index (χ3v) is 5.17. The van der Waals surface area contributed by atoms with E-state index in [0.717, 1.165) is 32.4 Å². The summed E-state index contributed by atoms with van der Waals surface area (Å²) < 4.78 is 0. The zero-order chi connectivity index (χ0) is 15.5. The second kappa shape index (κ2) is 6.67. The molecule has 2 aliphatic heterocycles. The summed E-state index contributed by atoms with van der Waals surface area (Å²) in [6, 6.07) is 0.0485. The molecule has 2 fully saturated rings. The second-order valence-corrected chi connectivity index (χ2v) is 6.65. The van der Waals surface area contributed by atoms with Crippen LogP contribution in [-0.4, -0.2) is 53.1 Å². The minimum absolute atomic E-state index is 0.0485. The first kappa shape index (κ1) is 16.1. The Kier molecular flexibility index (Phi) is 5.12. The molecule has 2 rings (SSSR count). The average molecular weight is 296 g/mol. The lowest BCUT2D eigenvalue weighted by Gasteiger charge is -2.35. The van der Waals surface area contributed by atoms with Crippen LogP contribution in [0.1, 0.15) is 52.4 Å². The predicted octanol–water partition coefficient (Wildman–Crippen LogP) is 2.81. The van der Waals surface area contributed by atoms with Crippen LogP contribution in [0.4, 0.5) is 4.79 Å². The normalized spacial score (nSPS) is 29.7.